The molecule has 1 unspecified atom stereocenters. The number of benzene rings is 1. The number of ether oxygens (including phenoxy) is 4. The lowest BCUT2D eigenvalue weighted by Crippen LogP contribution is -2.19. The molecule has 1 aliphatic heterocycles. The van der Waals surface area contributed by atoms with Gasteiger partial charge in [0.1, 0.15) is 18.4 Å². The lowest BCUT2D eigenvalue weighted by Gasteiger charge is -2.19. The van der Waals surface area contributed by atoms with E-state index in [-0.39, 0.29) is 52.5 Å². The van der Waals surface area contributed by atoms with Gasteiger partial charge >= 0.3 is 0 Å². The van der Waals surface area contributed by atoms with Gasteiger partial charge in [0.05, 0.1) is 13.2 Å². The minimum Gasteiger partial charge on any atom is -0.493 e. The first kappa shape index (κ1) is 27.8. The van der Waals surface area contributed by atoms with E-state index in [9.17, 15) is 13.7 Å². The summed E-state index contributed by atoms with van der Waals surface area (Å²) in [5.41, 5.74) is 1.34. The molecular weight excluding hydrogens is 548 g/mol. The summed E-state index contributed by atoms with van der Waals surface area (Å²) in [7, 11) is -2.74. The van der Waals surface area contributed by atoms with E-state index in [1.165, 1.54) is 31.6 Å². The highest BCUT2D eigenvalue weighted by Crippen LogP contribution is 2.41. The number of methoxy groups -OCH3 is 1. The monoisotopic (exact) mass is 574 g/mol. The van der Waals surface area contributed by atoms with Crippen LogP contribution >= 0.6 is 0 Å². The highest BCUT2D eigenvalue weighted by molar-refractivity contribution is 7.92. The molecule has 0 saturated carbocycles. The maximum absolute atomic E-state index is 13.4. The molecule has 1 fully saturated rings. The number of pyridine rings is 2. The fourth-order valence-corrected chi connectivity index (χ4v) is 4.94. The van der Waals surface area contributed by atoms with Crippen molar-refractivity contribution in [1.29, 1.82) is 5.26 Å². The Morgan fingerprint density at radius 2 is 1.95 bits per heavy atom. The van der Waals surface area contributed by atoms with Crippen molar-refractivity contribution in [2.24, 2.45) is 0 Å². The molecule has 5 rings (SSSR count). The van der Waals surface area contributed by atoms with Crippen molar-refractivity contribution in [2.75, 3.05) is 25.0 Å². The van der Waals surface area contributed by atoms with Crippen molar-refractivity contribution in [1.82, 2.24) is 19.9 Å². The first-order valence-electron chi connectivity index (χ1n) is 12.7. The number of para-hydroxylation sites is 2. The van der Waals surface area contributed by atoms with Crippen molar-refractivity contribution < 1.29 is 27.4 Å². The van der Waals surface area contributed by atoms with Gasteiger partial charge in [0.25, 0.3) is 15.9 Å². The van der Waals surface area contributed by atoms with Gasteiger partial charge in [-0.3, -0.25) is 4.72 Å². The average Bonchev–Trinajstić information content (AvgIpc) is 3.51. The van der Waals surface area contributed by atoms with E-state index in [1.54, 1.807) is 43.3 Å². The molecule has 0 radical (unpaired) electrons. The van der Waals surface area contributed by atoms with Crippen LogP contribution in [0.5, 0.6) is 23.1 Å². The van der Waals surface area contributed by atoms with E-state index in [1.807, 2.05) is 6.07 Å². The van der Waals surface area contributed by atoms with Crippen molar-refractivity contribution in [3.8, 4) is 40.6 Å². The summed E-state index contributed by atoms with van der Waals surface area (Å²) in [5.74, 6) is 0.401. The standard InChI is InChI=1S/C28H26N6O6S/c1-18-9-10-24(31-16-18)41(35,36)34-27-25(40-23-8-4-3-7-22(23)37-2)28(39-17-21-6-5-13-38-21)33-26(32-27)19-11-12-30-20(14-19)15-29/h3-4,7-12,14,16,21H,5-6,13,17H2,1-2H3,(H,32,33,34). The van der Waals surface area contributed by atoms with Crippen LogP contribution in [0.3, 0.4) is 0 Å². The number of sulfonamides is 1. The molecule has 0 aliphatic carbocycles. The lowest BCUT2D eigenvalue weighted by atomic mass is 10.2. The molecule has 0 bridgehead atoms. The largest absolute Gasteiger partial charge is 0.493 e. The van der Waals surface area contributed by atoms with Crippen molar-refractivity contribution in [2.45, 2.75) is 30.9 Å². The quantitative estimate of drug-likeness (QED) is 0.288. The van der Waals surface area contributed by atoms with Crippen LogP contribution in [0.25, 0.3) is 11.4 Å². The van der Waals surface area contributed by atoms with E-state index >= 15 is 0 Å². The summed E-state index contributed by atoms with van der Waals surface area (Å²) in [6.45, 7) is 2.56. The van der Waals surface area contributed by atoms with E-state index < -0.39 is 10.0 Å². The van der Waals surface area contributed by atoms with Gasteiger partial charge in [-0.15, -0.1) is 0 Å². The summed E-state index contributed by atoms with van der Waals surface area (Å²) in [5, 5.41) is 9.14. The van der Waals surface area contributed by atoms with Crippen LogP contribution in [-0.4, -0.2) is 54.8 Å². The van der Waals surface area contributed by atoms with Gasteiger partial charge in [0.2, 0.25) is 5.75 Å². The third kappa shape index (κ3) is 6.51. The number of aryl methyl sites for hydroxylation is 1. The molecular formula is C28H26N6O6S. The highest BCUT2D eigenvalue weighted by atomic mass is 32.2. The van der Waals surface area contributed by atoms with Gasteiger partial charge in [0.15, 0.2) is 28.2 Å². The Labute approximate surface area is 237 Å². The summed E-state index contributed by atoms with van der Waals surface area (Å²) in [6.07, 6.45) is 4.41. The first-order valence-corrected chi connectivity index (χ1v) is 14.1. The lowest BCUT2D eigenvalue weighted by molar-refractivity contribution is 0.0654. The van der Waals surface area contributed by atoms with Gasteiger partial charge in [-0.2, -0.15) is 18.7 Å². The number of aromatic nitrogens is 4. The van der Waals surface area contributed by atoms with Crippen LogP contribution in [0.2, 0.25) is 0 Å². The van der Waals surface area contributed by atoms with Gasteiger partial charge < -0.3 is 18.9 Å². The molecule has 1 aliphatic rings. The second kappa shape index (κ2) is 12.2. The summed E-state index contributed by atoms with van der Waals surface area (Å²) >= 11 is 0. The average molecular weight is 575 g/mol. The van der Waals surface area contributed by atoms with Crippen LogP contribution < -0.4 is 18.9 Å². The maximum Gasteiger partial charge on any atom is 0.280 e. The SMILES string of the molecule is COc1ccccc1Oc1c(NS(=O)(=O)c2ccc(C)cn2)nc(-c2ccnc(C#N)c2)nc1OCC1CCCO1. The van der Waals surface area contributed by atoms with Crippen LogP contribution in [0.15, 0.2) is 66.0 Å². The first-order chi connectivity index (χ1) is 19.9. The zero-order chi connectivity index (χ0) is 28.8. The molecule has 0 spiro atoms. The second-order valence-corrected chi connectivity index (χ2v) is 10.7. The Morgan fingerprint density at radius 1 is 1.12 bits per heavy atom. The Bertz CT molecular complexity index is 1690. The Morgan fingerprint density at radius 3 is 2.66 bits per heavy atom. The normalized spacial score (nSPS) is 14.7. The fourth-order valence-electron chi connectivity index (χ4n) is 4.00. The van der Waals surface area contributed by atoms with E-state index in [2.05, 4.69) is 24.7 Å². The predicted octanol–water partition coefficient (Wildman–Crippen LogP) is 4.27. The topological polar surface area (TPSA) is 158 Å². The van der Waals surface area contributed by atoms with E-state index in [0.717, 1.165) is 18.4 Å². The maximum atomic E-state index is 13.4. The van der Waals surface area contributed by atoms with Gasteiger partial charge in [-0.25, -0.2) is 15.0 Å². The minimum atomic E-state index is -4.23. The van der Waals surface area contributed by atoms with Crippen molar-refractivity contribution in [3.63, 3.8) is 0 Å². The summed E-state index contributed by atoms with van der Waals surface area (Å²) in [4.78, 5) is 17.1. The predicted molar refractivity (Wildman–Crippen MR) is 147 cm³/mol. The highest BCUT2D eigenvalue weighted by Gasteiger charge is 2.27. The number of nitriles is 1. The van der Waals surface area contributed by atoms with Gasteiger partial charge in [-0.05, 0) is 55.7 Å². The molecule has 3 aromatic heterocycles. The minimum absolute atomic E-state index is 0.0405. The molecule has 4 aromatic rings. The molecule has 1 aromatic carbocycles. The van der Waals surface area contributed by atoms with Gasteiger partial charge in [0, 0.05) is 24.6 Å². The molecule has 4 heterocycles. The zero-order valence-corrected chi connectivity index (χ0v) is 23.1. The number of hydrogen-bond acceptors (Lipinski definition) is 11. The molecule has 1 N–H and O–H groups in total. The molecule has 1 saturated heterocycles. The molecule has 0 amide bonds. The van der Waals surface area contributed by atoms with E-state index in [4.69, 9.17) is 18.9 Å². The Kier molecular flexibility index (Phi) is 8.23. The van der Waals surface area contributed by atoms with Crippen LogP contribution in [-0.2, 0) is 14.8 Å². The third-order valence-electron chi connectivity index (χ3n) is 6.07. The summed E-state index contributed by atoms with van der Waals surface area (Å²) in [6, 6.07) is 14.9. The van der Waals surface area contributed by atoms with Crippen molar-refractivity contribution in [3.05, 3.63) is 72.2 Å². The van der Waals surface area contributed by atoms with Crippen LogP contribution in [0.1, 0.15) is 24.1 Å². The number of nitrogens with zero attached hydrogens (tertiary/aromatic N) is 5. The molecule has 210 valence electrons. The van der Waals surface area contributed by atoms with Gasteiger partial charge in [-0.1, -0.05) is 18.2 Å². The number of hydrogen-bond donors (Lipinski definition) is 1. The Balaban J connectivity index is 1.66. The number of nitrogens with one attached hydrogen (secondary N) is 1. The zero-order valence-electron chi connectivity index (χ0n) is 22.3. The van der Waals surface area contributed by atoms with Crippen molar-refractivity contribution >= 4 is 15.8 Å². The van der Waals surface area contributed by atoms with E-state index in [0.29, 0.717) is 17.9 Å². The van der Waals surface area contributed by atoms with Crippen LogP contribution in [0, 0.1) is 18.3 Å². The smallest absolute Gasteiger partial charge is 0.280 e. The molecule has 13 heteroatoms. The number of rotatable bonds is 10. The second-order valence-electron chi connectivity index (χ2n) is 9.05. The van der Waals surface area contributed by atoms with Crippen LogP contribution in [0.4, 0.5) is 5.82 Å². The Hall–Kier alpha value is -4.80. The molecule has 12 nitrogen and oxygen atoms in total. The fraction of sp³-hybridized carbons (Fsp3) is 0.250. The molecule has 41 heavy (non-hydrogen) atoms. The third-order valence-corrected chi connectivity index (χ3v) is 7.32. The number of anilines is 1. The summed E-state index contributed by atoms with van der Waals surface area (Å²) < 4.78 is 52.8. The molecule has 1 atom stereocenters.